The molecule has 2 rings (SSSR count). The third kappa shape index (κ3) is 4.36. The first-order chi connectivity index (χ1) is 11.3. The fourth-order valence-electron chi connectivity index (χ4n) is 2.20. The van der Waals surface area contributed by atoms with E-state index in [2.05, 4.69) is 5.32 Å². The van der Waals surface area contributed by atoms with E-state index in [1.165, 1.54) is 0 Å². The molecule has 0 heterocycles. The minimum absolute atomic E-state index is 0.268. The molecular formula is C19H20ClNO3. The quantitative estimate of drug-likeness (QED) is 0.823. The van der Waals surface area contributed by atoms with Gasteiger partial charge >= 0.3 is 5.97 Å². The van der Waals surface area contributed by atoms with E-state index in [1.54, 1.807) is 26.0 Å². The molecule has 5 heteroatoms. The van der Waals surface area contributed by atoms with Crippen molar-refractivity contribution < 1.29 is 14.7 Å². The van der Waals surface area contributed by atoms with Gasteiger partial charge in [0.1, 0.15) is 0 Å². The van der Waals surface area contributed by atoms with E-state index in [9.17, 15) is 9.59 Å². The molecule has 2 aromatic carbocycles. The van der Waals surface area contributed by atoms with Crippen LogP contribution in [0.5, 0.6) is 0 Å². The Hall–Kier alpha value is -2.33. The lowest BCUT2D eigenvalue weighted by Crippen LogP contribution is -2.32. The van der Waals surface area contributed by atoms with Crippen LogP contribution in [0, 0.1) is 5.41 Å². The van der Waals surface area contributed by atoms with Crippen LogP contribution < -0.4 is 5.32 Å². The van der Waals surface area contributed by atoms with Gasteiger partial charge in [0.25, 0.3) is 5.91 Å². The topological polar surface area (TPSA) is 66.4 Å². The Balaban J connectivity index is 2.11. The number of carbonyl (C=O) groups excluding carboxylic acids is 1. The highest BCUT2D eigenvalue weighted by Gasteiger charge is 2.26. The van der Waals surface area contributed by atoms with Crippen molar-refractivity contribution >= 4 is 23.5 Å². The first kappa shape index (κ1) is 18.0. The highest BCUT2D eigenvalue weighted by molar-refractivity contribution is 6.34. The lowest BCUT2D eigenvalue weighted by Gasteiger charge is -2.19. The van der Waals surface area contributed by atoms with Crippen LogP contribution in [0.4, 0.5) is 0 Å². The van der Waals surface area contributed by atoms with Crippen molar-refractivity contribution in [3.05, 3.63) is 59.1 Å². The van der Waals surface area contributed by atoms with Crippen molar-refractivity contribution in [2.45, 2.75) is 20.3 Å². The number of hydrogen-bond acceptors (Lipinski definition) is 2. The van der Waals surface area contributed by atoms with E-state index in [-0.39, 0.29) is 12.5 Å². The Morgan fingerprint density at radius 2 is 1.75 bits per heavy atom. The van der Waals surface area contributed by atoms with Gasteiger partial charge in [-0.2, -0.15) is 0 Å². The molecule has 2 N–H and O–H groups in total. The van der Waals surface area contributed by atoms with Gasteiger partial charge in [0.15, 0.2) is 0 Å². The summed E-state index contributed by atoms with van der Waals surface area (Å²) in [6, 6.07) is 15.0. The van der Waals surface area contributed by atoms with Crippen molar-refractivity contribution in [1.82, 2.24) is 5.32 Å². The number of aliphatic carboxylic acids is 1. The average Bonchev–Trinajstić information content (AvgIpc) is 2.55. The van der Waals surface area contributed by atoms with Crippen LogP contribution in [0.3, 0.4) is 0 Å². The van der Waals surface area contributed by atoms with Gasteiger partial charge in [-0.05, 0) is 43.5 Å². The monoisotopic (exact) mass is 345 g/mol. The average molecular weight is 346 g/mol. The number of benzene rings is 2. The Kier molecular flexibility index (Phi) is 5.62. The van der Waals surface area contributed by atoms with Crippen LogP contribution >= 0.6 is 11.6 Å². The summed E-state index contributed by atoms with van der Waals surface area (Å²) in [5.41, 5.74) is 1.39. The maximum Gasteiger partial charge on any atom is 0.309 e. The summed E-state index contributed by atoms with van der Waals surface area (Å²) >= 11 is 6.14. The molecule has 0 bridgehead atoms. The van der Waals surface area contributed by atoms with E-state index in [0.717, 1.165) is 11.1 Å². The summed E-state index contributed by atoms with van der Waals surface area (Å²) in [4.78, 5) is 23.5. The predicted molar refractivity (Wildman–Crippen MR) is 95.3 cm³/mol. The molecule has 0 radical (unpaired) electrons. The predicted octanol–water partition coefficient (Wildman–Crippen LogP) is 4.24. The second-order valence-corrected chi connectivity index (χ2v) is 6.66. The molecule has 0 aliphatic heterocycles. The lowest BCUT2D eigenvalue weighted by molar-refractivity contribution is -0.147. The molecule has 24 heavy (non-hydrogen) atoms. The SMILES string of the molecule is CC(C)(CCNC(=O)c1cc(-c2ccccc2)ccc1Cl)C(=O)O. The molecule has 2 aromatic rings. The van der Waals surface area contributed by atoms with E-state index >= 15 is 0 Å². The second-order valence-electron chi connectivity index (χ2n) is 6.26. The summed E-state index contributed by atoms with van der Waals surface area (Å²) < 4.78 is 0. The number of carboxylic acid groups (broad SMARTS) is 1. The zero-order valence-corrected chi connectivity index (χ0v) is 14.4. The first-order valence-corrected chi connectivity index (χ1v) is 8.05. The largest absolute Gasteiger partial charge is 0.481 e. The van der Waals surface area contributed by atoms with E-state index in [0.29, 0.717) is 17.0 Å². The smallest absolute Gasteiger partial charge is 0.309 e. The molecule has 0 atom stereocenters. The molecule has 0 aromatic heterocycles. The fourth-order valence-corrected chi connectivity index (χ4v) is 2.40. The van der Waals surface area contributed by atoms with Gasteiger partial charge in [0.2, 0.25) is 0 Å². The minimum Gasteiger partial charge on any atom is -0.481 e. The molecule has 1 amide bonds. The molecule has 0 aliphatic rings. The van der Waals surface area contributed by atoms with E-state index < -0.39 is 11.4 Å². The van der Waals surface area contributed by atoms with Crippen molar-refractivity contribution in [3.8, 4) is 11.1 Å². The molecule has 0 unspecified atom stereocenters. The number of hydrogen-bond donors (Lipinski definition) is 2. The maximum atomic E-state index is 12.4. The standard InChI is InChI=1S/C19H20ClNO3/c1-19(2,18(23)24)10-11-21-17(22)15-12-14(8-9-16(15)20)13-6-4-3-5-7-13/h3-9,12H,10-11H2,1-2H3,(H,21,22)(H,23,24). The van der Waals surface area contributed by atoms with Crippen LogP contribution in [0.25, 0.3) is 11.1 Å². The Morgan fingerprint density at radius 3 is 2.38 bits per heavy atom. The Morgan fingerprint density at radius 1 is 1.08 bits per heavy atom. The number of carbonyl (C=O) groups is 2. The van der Waals surface area contributed by atoms with Gasteiger partial charge in [0, 0.05) is 6.54 Å². The normalized spacial score (nSPS) is 11.1. The van der Waals surface area contributed by atoms with Crippen molar-refractivity contribution in [2.75, 3.05) is 6.54 Å². The highest BCUT2D eigenvalue weighted by Crippen LogP contribution is 2.25. The molecule has 0 spiro atoms. The number of rotatable bonds is 6. The fraction of sp³-hybridized carbons (Fsp3) is 0.263. The van der Waals surface area contributed by atoms with Crippen LogP contribution in [-0.2, 0) is 4.79 Å². The van der Waals surface area contributed by atoms with Gasteiger partial charge in [-0.25, -0.2) is 0 Å². The molecule has 126 valence electrons. The summed E-state index contributed by atoms with van der Waals surface area (Å²) in [5.74, 6) is -1.19. The van der Waals surface area contributed by atoms with E-state index in [1.807, 2.05) is 36.4 Å². The molecule has 0 fully saturated rings. The van der Waals surface area contributed by atoms with Crippen LogP contribution in [0.2, 0.25) is 5.02 Å². The number of carboxylic acids is 1. The lowest BCUT2D eigenvalue weighted by atomic mass is 9.89. The number of amides is 1. The molecular weight excluding hydrogens is 326 g/mol. The molecule has 4 nitrogen and oxygen atoms in total. The van der Waals surface area contributed by atoms with Gasteiger partial charge in [-0.1, -0.05) is 48.0 Å². The van der Waals surface area contributed by atoms with Crippen molar-refractivity contribution in [1.29, 1.82) is 0 Å². The zero-order chi connectivity index (χ0) is 17.7. The Bertz CT molecular complexity index is 742. The first-order valence-electron chi connectivity index (χ1n) is 7.68. The summed E-state index contributed by atoms with van der Waals surface area (Å²) in [5, 5.41) is 12.2. The van der Waals surface area contributed by atoms with Crippen molar-refractivity contribution in [3.63, 3.8) is 0 Å². The number of nitrogens with one attached hydrogen (secondary N) is 1. The highest BCUT2D eigenvalue weighted by atomic mass is 35.5. The van der Waals surface area contributed by atoms with Crippen molar-refractivity contribution in [2.24, 2.45) is 5.41 Å². The third-order valence-electron chi connectivity index (χ3n) is 3.93. The van der Waals surface area contributed by atoms with Gasteiger partial charge in [-0.3, -0.25) is 9.59 Å². The van der Waals surface area contributed by atoms with E-state index in [4.69, 9.17) is 16.7 Å². The van der Waals surface area contributed by atoms with Gasteiger partial charge in [-0.15, -0.1) is 0 Å². The molecule has 0 aliphatic carbocycles. The zero-order valence-electron chi connectivity index (χ0n) is 13.7. The summed E-state index contributed by atoms with van der Waals surface area (Å²) in [7, 11) is 0. The van der Waals surface area contributed by atoms with Crippen LogP contribution in [0.1, 0.15) is 30.6 Å². The van der Waals surface area contributed by atoms with Gasteiger partial charge in [0.05, 0.1) is 16.0 Å². The Labute approximate surface area is 146 Å². The minimum atomic E-state index is -0.888. The van der Waals surface area contributed by atoms with Crippen LogP contribution in [0.15, 0.2) is 48.5 Å². The van der Waals surface area contributed by atoms with Gasteiger partial charge < -0.3 is 10.4 Å². The molecule has 0 saturated heterocycles. The summed E-state index contributed by atoms with van der Waals surface area (Å²) in [6.07, 6.45) is 0.337. The summed E-state index contributed by atoms with van der Waals surface area (Å²) in [6.45, 7) is 3.53. The third-order valence-corrected chi connectivity index (χ3v) is 4.26. The number of halogens is 1. The molecule has 0 saturated carbocycles. The van der Waals surface area contributed by atoms with Crippen LogP contribution in [-0.4, -0.2) is 23.5 Å². The second kappa shape index (κ2) is 7.49. The maximum absolute atomic E-state index is 12.4.